The number of anilines is 2. The highest BCUT2D eigenvalue weighted by Gasteiger charge is 2.08. The topological polar surface area (TPSA) is 78.9 Å². The maximum Gasteiger partial charge on any atom is 0.230 e. The van der Waals surface area contributed by atoms with E-state index < -0.39 is 0 Å². The molecule has 0 saturated heterocycles. The average Bonchev–Trinajstić information content (AvgIpc) is 2.37. The summed E-state index contributed by atoms with van der Waals surface area (Å²) in [6, 6.07) is 9.37. The Labute approximate surface area is 112 Å². The molecule has 0 saturated carbocycles. The molecule has 0 unspecified atom stereocenters. The molecule has 0 aliphatic carbocycles. The summed E-state index contributed by atoms with van der Waals surface area (Å²) >= 11 is 0. The Bertz CT molecular complexity index is 583. The van der Waals surface area contributed by atoms with Gasteiger partial charge in [-0.1, -0.05) is 0 Å². The molecular weight excluding hydrogens is 238 g/mol. The number of nitrogens with zero attached hydrogens (tertiary/aromatic N) is 3. The van der Waals surface area contributed by atoms with Gasteiger partial charge in [-0.25, -0.2) is 9.97 Å². The third-order valence-corrected chi connectivity index (χ3v) is 2.84. The highest BCUT2D eigenvalue weighted by atomic mass is 15.2. The van der Waals surface area contributed by atoms with E-state index in [0.29, 0.717) is 11.5 Å². The average molecular weight is 255 g/mol. The number of rotatable bonds is 3. The summed E-state index contributed by atoms with van der Waals surface area (Å²) in [6.07, 6.45) is 0. The molecule has 0 radical (unpaired) electrons. The van der Waals surface area contributed by atoms with Crippen molar-refractivity contribution < 1.29 is 0 Å². The van der Waals surface area contributed by atoms with Crippen LogP contribution in [0.2, 0.25) is 0 Å². The number of hydrogen-bond acceptors (Lipinski definition) is 4. The van der Waals surface area contributed by atoms with E-state index in [4.69, 9.17) is 11.1 Å². The molecule has 0 aliphatic heterocycles. The number of aryl methyl sites for hydroxylation is 2. The first-order valence-corrected chi connectivity index (χ1v) is 5.98. The molecule has 0 atom stereocenters. The predicted octanol–water partition coefficient (Wildman–Crippen LogP) is 2.15. The standard InChI is InChI=1S/C14H17N5/c1-9-8-10(2)18-14(17-9)19(3)12-6-4-11(5-7-12)13(15)16/h4-8H,1-3H3,(H3,15,16). The van der Waals surface area contributed by atoms with Crippen molar-refractivity contribution in [3.63, 3.8) is 0 Å². The predicted molar refractivity (Wildman–Crippen MR) is 77.0 cm³/mol. The Morgan fingerprint density at radius 1 is 1.11 bits per heavy atom. The first-order valence-electron chi connectivity index (χ1n) is 5.98. The summed E-state index contributed by atoms with van der Waals surface area (Å²) in [5, 5.41) is 7.37. The third-order valence-electron chi connectivity index (χ3n) is 2.84. The molecule has 98 valence electrons. The number of amidine groups is 1. The number of nitrogens with two attached hydrogens (primary N) is 1. The van der Waals surface area contributed by atoms with Gasteiger partial charge in [0.1, 0.15) is 5.84 Å². The third kappa shape index (κ3) is 2.88. The lowest BCUT2D eigenvalue weighted by Crippen LogP contribution is -2.15. The Hall–Kier alpha value is -2.43. The lowest BCUT2D eigenvalue weighted by atomic mass is 10.2. The highest BCUT2D eigenvalue weighted by Crippen LogP contribution is 2.20. The van der Waals surface area contributed by atoms with Crippen LogP contribution in [0, 0.1) is 19.3 Å². The van der Waals surface area contributed by atoms with E-state index in [9.17, 15) is 0 Å². The molecule has 2 rings (SSSR count). The molecule has 1 aromatic carbocycles. The lowest BCUT2D eigenvalue weighted by Gasteiger charge is -2.18. The van der Waals surface area contributed by atoms with Crippen molar-refractivity contribution in [3.05, 3.63) is 47.3 Å². The number of nitrogens with one attached hydrogen (secondary N) is 1. The fraction of sp³-hybridized carbons (Fsp3) is 0.214. The minimum absolute atomic E-state index is 0.0665. The quantitative estimate of drug-likeness (QED) is 0.650. The minimum Gasteiger partial charge on any atom is -0.384 e. The smallest absolute Gasteiger partial charge is 0.230 e. The Balaban J connectivity index is 2.32. The van der Waals surface area contributed by atoms with Crippen molar-refractivity contribution in [3.8, 4) is 0 Å². The molecule has 0 amide bonds. The lowest BCUT2D eigenvalue weighted by molar-refractivity contribution is 0.986. The summed E-state index contributed by atoms with van der Waals surface area (Å²) in [5.41, 5.74) is 8.98. The second-order valence-electron chi connectivity index (χ2n) is 4.47. The van der Waals surface area contributed by atoms with Crippen LogP contribution >= 0.6 is 0 Å². The summed E-state index contributed by atoms with van der Waals surface area (Å²) in [7, 11) is 1.91. The number of nitrogen functional groups attached to an aromatic ring is 1. The Morgan fingerprint density at radius 3 is 2.11 bits per heavy atom. The van der Waals surface area contributed by atoms with Gasteiger partial charge < -0.3 is 10.6 Å². The second-order valence-corrected chi connectivity index (χ2v) is 4.47. The van der Waals surface area contributed by atoms with Gasteiger partial charge in [0.25, 0.3) is 0 Å². The molecule has 0 fully saturated rings. The van der Waals surface area contributed by atoms with E-state index >= 15 is 0 Å². The van der Waals surface area contributed by atoms with E-state index in [0.717, 1.165) is 17.1 Å². The van der Waals surface area contributed by atoms with E-state index in [1.807, 2.05) is 56.1 Å². The maximum atomic E-state index is 7.37. The van der Waals surface area contributed by atoms with Crippen LogP contribution in [0.15, 0.2) is 30.3 Å². The van der Waals surface area contributed by atoms with Crippen molar-refractivity contribution in [1.29, 1.82) is 5.41 Å². The van der Waals surface area contributed by atoms with Crippen molar-refractivity contribution in [1.82, 2.24) is 9.97 Å². The van der Waals surface area contributed by atoms with Gasteiger partial charge in [0.05, 0.1) is 0 Å². The molecule has 1 heterocycles. The van der Waals surface area contributed by atoms with E-state index in [1.165, 1.54) is 0 Å². The molecule has 0 bridgehead atoms. The summed E-state index contributed by atoms with van der Waals surface area (Å²) in [5.74, 6) is 0.727. The zero-order chi connectivity index (χ0) is 14.0. The van der Waals surface area contributed by atoms with Gasteiger partial charge in [-0.2, -0.15) is 0 Å². The number of hydrogen-bond donors (Lipinski definition) is 2. The largest absolute Gasteiger partial charge is 0.384 e. The monoisotopic (exact) mass is 255 g/mol. The van der Waals surface area contributed by atoms with Gasteiger partial charge in [0.2, 0.25) is 5.95 Å². The van der Waals surface area contributed by atoms with E-state index in [1.54, 1.807) is 0 Å². The van der Waals surface area contributed by atoms with Crippen molar-refractivity contribution in [2.45, 2.75) is 13.8 Å². The first kappa shape index (κ1) is 13.0. The molecule has 1 aromatic heterocycles. The van der Waals surface area contributed by atoms with Gasteiger partial charge in [-0.05, 0) is 44.2 Å². The zero-order valence-electron chi connectivity index (χ0n) is 11.3. The van der Waals surface area contributed by atoms with Gasteiger partial charge >= 0.3 is 0 Å². The van der Waals surface area contributed by atoms with Crippen LogP contribution < -0.4 is 10.6 Å². The summed E-state index contributed by atoms with van der Waals surface area (Å²) in [4.78, 5) is 10.7. The van der Waals surface area contributed by atoms with Crippen molar-refractivity contribution >= 4 is 17.5 Å². The molecule has 0 aliphatic rings. The van der Waals surface area contributed by atoms with E-state index in [2.05, 4.69) is 9.97 Å². The van der Waals surface area contributed by atoms with Gasteiger partial charge in [-0.15, -0.1) is 0 Å². The van der Waals surface area contributed by atoms with Crippen LogP contribution in [0.1, 0.15) is 17.0 Å². The molecule has 3 N–H and O–H groups in total. The van der Waals surface area contributed by atoms with Crippen LogP contribution in [0.4, 0.5) is 11.6 Å². The first-order chi connectivity index (χ1) is 8.97. The van der Waals surface area contributed by atoms with Crippen LogP contribution in [0.25, 0.3) is 0 Å². The van der Waals surface area contributed by atoms with Gasteiger partial charge in [0.15, 0.2) is 0 Å². The van der Waals surface area contributed by atoms with Gasteiger partial charge in [-0.3, -0.25) is 5.41 Å². The Morgan fingerprint density at radius 2 is 1.63 bits per heavy atom. The molecular formula is C14H17N5. The minimum atomic E-state index is 0.0665. The highest BCUT2D eigenvalue weighted by molar-refractivity contribution is 5.95. The SMILES string of the molecule is Cc1cc(C)nc(N(C)c2ccc(C(=N)N)cc2)n1. The number of aromatic nitrogens is 2. The van der Waals surface area contributed by atoms with E-state index in [-0.39, 0.29) is 5.84 Å². The molecule has 0 spiro atoms. The molecule has 19 heavy (non-hydrogen) atoms. The summed E-state index contributed by atoms with van der Waals surface area (Å²) < 4.78 is 0. The van der Waals surface area contributed by atoms with Crippen LogP contribution in [0.3, 0.4) is 0 Å². The van der Waals surface area contributed by atoms with Crippen LogP contribution in [-0.2, 0) is 0 Å². The zero-order valence-corrected chi connectivity index (χ0v) is 11.3. The Kier molecular flexibility index (Phi) is 3.46. The second kappa shape index (κ2) is 5.06. The molecule has 5 nitrogen and oxygen atoms in total. The molecule has 5 heteroatoms. The fourth-order valence-corrected chi connectivity index (χ4v) is 1.84. The summed E-state index contributed by atoms with van der Waals surface area (Å²) in [6.45, 7) is 3.90. The van der Waals surface area contributed by atoms with Crippen LogP contribution in [-0.4, -0.2) is 22.9 Å². The van der Waals surface area contributed by atoms with Crippen molar-refractivity contribution in [2.24, 2.45) is 5.73 Å². The normalized spacial score (nSPS) is 10.3. The van der Waals surface area contributed by atoms with Crippen LogP contribution in [0.5, 0.6) is 0 Å². The number of benzene rings is 1. The van der Waals surface area contributed by atoms with Gasteiger partial charge in [0, 0.05) is 29.7 Å². The maximum absolute atomic E-state index is 7.37. The molecule has 2 aromatic rings. The fourth-order valence-electron chi connectivity index (χ4n) is 1.84. The van der Waals surface area contributed by atoms with Crippen molar-refractivity contribution in [2.75, 3.05) is 11.9 Å².